The number of aryl methyl sites for hydroxylation is 2. The molecule has 0 saturated carbocycles. The van der Waals surface area contributed by atoms with Crippen molar-refractivity contribution in [2.45, 2.75) is 26.9 Å². The van der Waals surface area contributed by atoms with Crippen LogP contribution in [0.5, 0.6) is 0 Å². The summed E-state index contributed by atoms with van der Waals surface area (Å²) >= 11 is 1.73. The van der Waals surface area contributed by atoms with Crippen molar-refractivity contribution in [2.75, 3.05) is 0 Å². The van der Waals surface area contributed by atoms with Crippen molar-refractivity contribution < 1.29 is 0 Å². The maximum Gasteiger partial charge on any atom is 0.0897 e. The van der Waals surface area contributed by atoms with E-state index in [9.17, 15) is 0 Å². The van der Waals surface area contributed by atoms with Gasteiger partial charge in [0.05, 0.1) is 10.7 Å². The zero-order valence-electron chi connectivity index (χ0n) is 9.53. The Balaban J connectivity index is 1.87. The zero-order valence-corrected chi connectivity index (χ0v) is 10.3. The van der Waals surface area contributed by atoms with E-state index < -0.39 is 0 Å². The van der Waals surface area contributed by atoms with Crippen LogP contribution >= 0.6 is 11.3 Å². The fraction of sp³-hybridized carbons (Fsp3) is 0.333. The minimum atomic E-state index is 0.809. The van der Waals surface area contributed by atoms with Crippen LogP contribution in [0.15, 0.2) is 24.5 Å². The first-order valence-electron chi connectivity index (χ1n) is 5.28. The highest BCUT2D eigenvalue weighted by atomic mass is 32.1. The van der Waals surface area contributed by atoms with Crippen LogP contribution in [0.25, 0.3) is 0 Å². The molecule has 2 heterocycles. The van der Waals surface area contributed by atoms with Gasteiger partial charge in [0.15, 0.2) is 0 Å². The minimum absolute atomic E-state index is 0.809. The normalized spacial score (nSPS) is 10.6. The van der Waals surface area contributed by atoms with Crippen molar-refractivity contribution in [3.63, 3.8) is 0 Å². The summed E-state index contributed by atoms with van der Waals surface area (Å²) in [6.07, 6.45) is 3.76. The molecule has 0 atom stereocenters. The number of pyridine rings is 1. The Kier molecular flexibility index (Phi) is 3.64. The maximum atomic E-state index is 4.34. The fourth-order valence-corrected chi connectivity index (χ4v) is 2.26. The van der Waals surface area contributed by atoms with Crippen LogP contribution in [0, 0.1) is 13.8 Å². The van der Waals surface area contributed by atoms with Gasteiger partial charge in [-0.2, -0.15) is 0 Å². The Morgan fingerprint density at radius 3 is 2.81 bits per heavy atom. The molecule has 2 rings (SSSR count). The second-order valence-electron chi connectivity index (χ2n) is 3.72. The first-order valence-corrected chi connectivity index (χ1v) is 6.10. The lowest BCUT2D eigenvalue weighted by Gasteiger charge is -2.04. The molecule has 1 N–H and O–H groups in total. The van der Waals surface area contributed by atoms with Crippen LogP contribution < -0.4 is 5.32 Å². The molecular formula is C12H15N3S. The molecule has 0 unspecified atom stereocenters. The van der Waals surface area contributed by atoms with E-state index in [1.165, 1.54) is 10.4 Å². The quantitative estimate of drug-likeness (QED) is 0.881. The Morgan fingerprint density at radius 1 is 1.25 bits per heavy atom. The van der Waals surface area contributed by atoms with Crippen LogP contribution in [0.4, 0.5) is 0 Å². The number of nitrogens with zero attached hydrogens (tertiary/aromatic N) is 2. The van der Waals surface area contributed by atoms with E-state index in [0.717, 1.165) is 23.8 Å². The number of rotatable bonds is 4. The smallest absolute Gasteiger partial charge is 0.0897 e. The van der Waals surface area contributed by atoms with Crippen molar-refractivity contribution in [3.8, 4) is 0 Å². The van der Waals surface area contributed by atoms with E-state index >= 15 is 0 Å². The second kappa shape index (κ2) is 5.18. The summed E-state index contributed by atoms with van der Waals surface area (Å²) in [5.41, 5.74) is 2.35. The van der Waals surface area contributed by atoms with Gasteiger partial charge in [0.2, 0.25) is 0 Å². The van der Waals surface area contributed by atoms with E-state index in [1.54, 1.807) is 11.3 Å². The molecule has 0 saturated heterocycles. The van der Waals surface area contributed by atoms with E-state index in [0.29, 0.717) is 0 Å². The summed E-state index contributed by atoms with van der Waals surface area (Å²) < 4.78 is 0. The first-order chi connectivity index (χ1) is 7.75. The molecule has 3 nitrogen and oxygen atoms in total. The topological polar surface area (TPSA) is 37.8 Å². The molecule has 0 spiro atoms. The lowest BCUT2D eigenvalue weighted by molar-refractivity contribution is 0.682. The largest absolute Gasteiger partial charge is 0.306 e. The predicted octanol–water partition coefficient (Wildman–Crippen LogP) is 2.44. The monoisotopic (exact) mass is 233 g/mol. The molecule has 0 aliphatic carbocycles. The molecule has 0 fully saturated rings. The summed E-state index contributed by atoms with van der Waals surface area (Å²) in [5.74, 6) is 0. The van der Waals surface area contributed by atoms with Gasteiger partial charge in [0.1, 0.15) is 0 Å². The van der Waals surface area contributed by atoms with Crippen molar-refractivity contribution in [1.82, 2.24) is 15.3 Å². The van der Waals surface area contributed by atoms with Gasteiger partial charge in [0.25, 0.3) is 0 Å². The molecule has 2 aromatic heterocycles. The molecule has 2 aromatic rings. The lowest BCUT2D eigenvalue weighted by atomic mass is 10.2. The molecule has 0 aliphatic rings. The molecule has 0 aliphatic heterocycles. The molecule has 84 valence electrons. The molecule has 16 heavy (non-hydrogen) atoms. The average Bonchev–Trinajstić information content (AvgIpc) is 2.67. The van der Waals surface area contributed by atoms with Crippen LogP contribution in [0.3, 0.4) is 0 Å². The highest BCUT2D eigenvalue weighted by Crippen LogP contribution is 2.11. The molecule has 4 heteroatoms. The molecule has 0 amide bonds. The van der Waals surface area contributed by atoms with Crippen LogP contribution in [0.2, 0.25) is 0 Å². The Morgan fingerprint density at radius 2 is 2.12 bits per heavy atom. The highest BCUT2D eigenvalue weighted by molar-refractivity contribution is 7.11. The number of thiazole rings is 1. The van der Waals surface area contributed by atoms with Gasteiger partial charge in [-0.05, 0) is 25.5 Å². The van der Waals surface area contributed by atoms with E-state index in [1.807, 2.05) is 25.4 Å². The summed E-state index contributed by atoms with van der Waals surface area (Å²) in [6.45, 7) is 5.78. The number of aromatic nitrogens is 2. The lowest BCUT2D eigenvalue weighted by Crippen LogP contribution is -2.13. The third kappa shape index (κ3) is 2.87. The van der Waals surface area contributed by atoms with Gasteiger partial charge in [-0.1, -0.05) is 6.07 Å². The van der Waals surface area contributed by atoms with Crippen molar-refractivity contribution in [1.29, 1.82) is 0 Å². The average molecular weight is 233 g/mol. The second-order valence-corrected chi connectivity index (χ2v) is 5.04. The molecule has 0 aromatic carbocycles. The third-order valence-electron chi connectivity index (χ3n) is 2.38. The third-order valence-corrected chi connectivity index (χ3v) is 3.29. The van der Waals surface area contributed by atoms with E-state index in [-0.39, 0.29) is 0 Å². The summed E-state index contributed by atoms with van der Waals surface area (Å²) in [4.78, 5) is 9.83. The van der Waals surface area contributed by atoms with Crippen LogP contribution in [0.1, 0.15) is 21.1 Å². The first kappa shape index (κ1) is 11.2. The van der Waals surface area contributed by atoms with E-state index in [4.69, 9.17) is 0 Å². The summed E-state index contributed by atoms with van der Waals surface area (Å²) in [7, 11) is 0. The van der Waals surface area contributed by atoms with Gasteiger partial charge < -0.3 is 5.32 Å². The maximum absolute atomic E-state index is 4.34. The van der Waals surface area contributed by atoms with Gasteiger partial charge in [0, 0.05) is 30.4 Å². The summed E-state index contributed by atoms with van der Waals surface area (Å²) in [6, 6.07) is 4.05. The van der Waals surface area contributed by atoms with Gasteiger partial charge in [-0.15, -0.1) is 11.3 Å². The van der Waals surface area contributed by atoms with Crippen LogP contribution in [-0.4, -0.2) is 9.97 Å². The Hall–Kier alpha value is -1.26. The summed E-state index contributed by atoms with van der Waals surface area (Å²) in [5, 5.41) is 4.50. The molecule has 0 bridgehead atoms. The predicted molar refractivity (Wildman–Crippen MR) is 66.4 cm³/mol. The van der Waals surface area contributed by atoms with Gasteiger partial charge in [-0.25, -0.2) is 4.98 Å². The van der Waals surface area contributed by atoms with Crippen molar-refractivity contribution >= 4 is 11.3 Å². The minimum Gasteiger partial charge on any atom is -0.306 e. The number of hydrogen-bond donors (Lipinski definition) is 1. The SMILES string of the molecule is Cc1ncc(CNCc2ncccc2C)s1. The number of hydrogen-bond acceptors (Lipinski definition) is 4. The van der Waals surface area contributed by atoms with E-state index in [2.05, 4.69) is 28.3 Å². The Labute approximate surface area is 99.6 Å². The highest BCUT2D eigenvalue weighted by Gasteiger charge is 2.00. The Bertz CT molecular complexity index is 465. The fourth-order valence-electron chi connectivity index (χ4n) is 1.49. The van der Waals surface area contributed by atoms with Crippen molar-refractivity contribution in [2.24, 2.45) is 0 Å². The van der Waals surface area contributed by atoms with Gasteiger partial charge >= 0.3 is 0 Å². The van der Waals surface area contributed by atoms with Crippen LogP contribution in [-0.2, 0) is 13.1 Å². The number of nitrogens with one attached hydrogen (secondary N) is 1. The van der Waals surface area contributed by atoms with Gasteiger partial charge in [-0.3, -0.25) is 4.98 Å². The zero-order chi connectivity index (χ0) is 11.4. The standard InChI is InChI=1S/C12H15N3S/c1-9-4-3-5-14-12(9)8-13-6-11-7-15-10(2)16-11/h3-5,7,13H,6,8H2,1-2H3. The van der Waals surface area contributed by atoms with Crippen molar-refractivity contribution in [3.05, 3.63) is 45.7 Å². The molecular weight excluding hydrogens is 218 g/mol. The molecule has 0 radical (unpaired) electrons.